The van der Waals surface area contributed by atoms with E-state index in [1.807, 2.05) is 20.8 Å². The van der Waals surface area contributed by atoms with Gasteiger partial charge in [-0.2, -0.15) is 0 Å². The molecule has 0 aromatic rings. The highest BCUT2D eigenvalue weighted by molar-refractivity contribution is 4.79. The molecule has 0 heterocycles. The molecule has 0 aromatic carbocycles. The van der Waals surface area contributed by atoms with Crippen LogP contribution in [0.15, 0.2) is 0 Å². The zero-order chi connectivity index (χ0) is 12.7. The predicted molar refractivity (Wildman–Crippen MR) is 60.3 cm³/mol. The van der Waals surface area contributed by atoms with E-state index in [0.29, 0.717) is 0 Å². The lowest BCUT2D eigenvalue weighted by Gasteiger charge is -2.35. The molecule has 0 amide bonds. The van der Waals surface area contributed by atoms with Crippen LogP contribution in [0.2, 0.25) is 0 Å². The molecule has 0 aliphatic heterocycles. The molecule has 0 aromatic heterocycles. The molecule has 0 rings (SSSR count). The van der Waals surface area contributed by atoms with Crippen molar-refractivity contribution < 1.29 is 20.4 Å². The second-order valence-corrected chi connectivity index (χ2v) is 4.69. The summed E-state index contributed by atoms with van der Waals surface area (Å²) in [4.78, 5) is 0. The van der Waals surface area contributed by atoms with Crippen molar-refractivity contribution in [1.29, 1.82) is 0 Å². The van der Waals surface area contributed by atoms with Gasteiger partial charge in [0.05, 0.1) is 12.7 Å². The van der Waals surface area contributed by atoms with Gasteiger partial charge in [-0.1, -0.05) is 27.2 Å². The molecule has 4 heteroatoms. The first kappa shape index (κ1) is 17.2. The van der Waals surface area contributed by atoms with Gasteiger partial charge in [-0.15, -0.1) is 0 Å². The summed E-state index contributed by atoms with van der Waals surface area (Å²) < 4.78 is 0. The Bertz CT molecular complexity index is 147. The lowest BCUT2D eigenvalue weighted by molar-refractivity contribution is -0.220. The highest BCUT2D eigenvalue weighted by Crippen LogP contribution is 2.32. The van der Waals surface area contributed by atoms with Crippen LogP contribution in [0, 0.1) is 5.41 Å². The first-order valence-corrected chi connectivity index (χ1v) is 5.32. The largest absolute Gasteiger partial charge is 0.394 e. The average molecular weight is 222 g/mol. The number of hydrogen-bond donors (Lipinski definition) is 4. The molecule has 4 nitrogen and oxygen atoms in total. The van der Waals surface area contributed by atoms with Gasteiger partial charge in [0.25, 0.3) is 0 Å². The van der Waals surface area contributed by atoms with Crippen LogP contribution in [0.5, 0.6) is 0 Å². The topological polar surface area (TPSA) is 80.9 Å². The van der Waals surface area contributed by atoms with Crippen LogP contribution in [0.3, 0.4) is 0 Å². The lowest BCUT2D eigenvalue weighted by Crippen LogP contribution is -2.41. The molecule has 0 spiro atoms. The zero-order valence-corrected chi connectivity index (χ0v) is 10.5. The van der Waals surface area contributed by atoms with Crippen LogP contribution in [0.25, 0.3) is 0 Å². The van der Waals surface area contributed by atoms with Gasteiger partial charge in [-0.05, 0) is 20.3 Å². The second kappa shape index (κ2) is 7.17. The zero-order valence-electron chi connectivity index (χ0n) is 10.5. The van der Waals surface area contributed by atoms with E-state index in [-0.39, 0.29) is 6.61 Å². The van der Waals surface area contributed by atoms with Crippen molar-refractivity contribution in [3.05, 3.63) is 0 Å². The summed E-state index contributed by atoms with van der Waals surface area (Å²) in [5, 5.41) is 34.5. The maximum absolute atomic E-state index is 9.23. The Kier molecular flexibility index (Phi) is 8.24. The summed E-state index contributed by atoms with van der Waals surface area (Å²) in [6.07, 6.45) is 1.25. The summed E-state index contributed by atoms with van der Waals surface area (Å²) >= 11 is 0. The number of hydrogen-bond acceptors (Lipinski definition) is 4. The molecule has 0 aliphatic carbocycles. The van der Waals surface area contributed by atoms with Crippen molar-refractivity contribution in [3.63, 3.8) is 0 Å². The van der Waals surface area contributed by atoms with E-state index in [2.05, 4.69) is 0 Å². The van der Waals surface area contributed by atoms with E-state index in [9.17, 15) is 10.2 Å². The first-order valence-electron chi connectivity index (χ1n) is 5.32. The first-order chi connectivity index (χ1) is 6.58. The van der Waals surface area contributed by atoms with E-state index in [4.69, 9.17) is 10.2 Å². The molecule has 0 saturated carbocycles. The van der Waals surface area contributed by atoms with Crippen LogP contribution in [-0.2, 0) is 0 Å². The Morgan fingerprint density at radius 3 is 1.53 bits per heavy atom. The summed E-state index contributed by atoms with van der Waals surface area (Å²) in [7, 11) is 0. The van der Waals surface area contributed by atoms with E-state index in [0.717, 1.165) is 12.8 Å². The molecule has 0 bridgehead atoms. The molecule has 1 atom stereocenters. The van der Waals surface area contributed by atoms with Crippen LogP contribution in [0.4, 0.5) is 0 Å². The molecular weight excluding hydrogens is 196 g/mol. The monoisotopic (exact) mass is 222 g/mol. The van der Waals surface area contributed by atoms with Crippen LogP contribution < -0.4 is 0 Å². The number of rotatable bonds is 4. The van der Waals surface area contributed by atoms with Crippen molar-refractivity contribution in [2.24, 2.45) is 5.41 Å². The summed E-state index contributed by atoms with van der Waals surface area (Å²) in [5.74, 6) is -1.55. The van der Waals surface area contributed by atoms with Crippen LogP contribution >= 0.6 is 0 Å². The minimum atomic E-state index is -1.55. The molecular formula is C11H26O4. The van der Waals surface area contributed by atoms with Gasteiger partial charge in [0.2, 0.25) is 0 Å². The predicted octanol–water partition coefficient (Wildman–Crippen LogP) is 0.873. The Labute approximate surface area is 92.6 Å². The molecule has 0 radical (unpaired) electrons. The van der Waals surface area contributed by atoms with Gasteiger partial charge in [0, 0.05) is 5.41 Å². The van der Waals surface area contributed by atoms with Crippen molar-refractivity contribution in [3.8, 4) is 0 Å². The lowest BCUT2D eigenvalue weighted by atomic mass is 9.80. The third-order valence-electron chi connectivity index (χ3n) is 2.42. The highest BCUT2D eigenvalue weighted by atomic mass is 16.5. The van der Waals surface area contributed by atoms with E-state index >= 15 is 0 Å². The van der Waals surface area contributed by atoms with Crippen molar-refractivity contribution in [2.75, 3.05) is 6.61 Å². The minimum Gasteiger partial charge on any atom is -0.394 e. The molecule has 0 aliphatic rings. The fraction of sp³-hybridized carbons (Fsp3) is 1.00. The third kappa shape index (κ3) is 8.81. The van der Waals surface area contributed by atoms with Crippen LogP contribution in [-0.4, -0.2) is 38.9 Å². The Morgan fingerprint density at radius 1 is 1.13 bits per heavy atom. The molecule has 1 unspecified atom stereocenters. The number of aliphatic hydroxyl groups is 4. The van der Waals surface area contributed by atoms with E-state index < -0.39 is 17.3 Å². The quantitative estimate of drug-likeness (QED) is 0.532. The van der Waals surface area contributed by atoms with Crippen molar-refractivity contribution in [1.82, 2.24) is 0 Å². The Morgan fingerprint density at radius 2 is 1.47 bits per heavy atom. The maximum Gasteiger partial charge on any atom is 0.164 e. The van der Waals surface area contributed by atoms with Gasteiger partial charge in [0.15, 0.2) is 5.79 Å². The number of aliphatic hydroxyl groups excluding tert-OH is 2. The Balaban J connectivity index is 0. The maximum atomic E-state index is 9.23. The second-order valence-electron chi connectivity index (χ2n) is 4.69. The molecule has 4 N–H and O–H groups in total. The summed E-state index contributed by atoms with van der Waals surface area (Å²) in [5.41, 5.74) is -0.401. The fourth-order valence-corrected chi connectivity index (χ4v) is 0.862. The van der Waals surface area contributed by atoms with Gasteiger partial charge >= 0.3 is 0 Å². The summed E-state index contributed by atoms with van der Waals surface area (Å²) in [6, 6.07) is 0. The molecule has 0 fully saturated rings. The minimum absolute atomic E-state index is 0.139. The van der Waals surface area contributed by atoms with Gasteiger partial charge < -0.3 is 20.4 Å². The molecule has 15 heavy (non-hydrogen) atoms. The normalized spacial score (nSPS) is 14.2. The smallest absolute Gasteiger partial charge is 0.164 e. The summed E-state index contributed by atoms with van der Waals surface area (Å²) in [6.45, 7) is 8.57. The van der Waals surface area contributed by atoms with Gasteiger partial charge in [-0.25, -0.2) is 0 Å². The van der Waals surface area contributed by atoms with Gasteiger partial charge in [0.1, 0.15) is 0 Å². The van der Waals surface area contributed by atoms with Crippen molar-refractivity contribution in [2.45, 2.75) is 59.4 Å². The van der Waals surface area contributed by atoms with Gasteiger partial charge in [-0.3, -0.25) is 0 Å². The van der Waals surface area contributed by atoms with E-state index in [1.165, 1.54) is 13.8 Å². The fourth-order valence-electron chi connectivity index (χ4n) is 0.862. The van der Waals surface area contributed by atoms with Crippen molar-refractivity contribution >= 4 is 0 Å². The molecule has 0 saturated heterocycles. The SMILES string of the molecule is CC(O)CO.CCCC(C)(C)C(C)(O)O. The van der Waals surface area contributed by atoms with Crippen LogP contribution in [0.1, 0.15) is 47.5 Å². The third-order valence-corrected chi connectivity index (χ3v) is 2.42. The highest BCUT2D eigenvalue weighted by Gasteiger charge is 2.36. The average Bonchev–Trinajstić information content (AvgIpc) is 2.03. The standard InChI is InChI=1S/C8H18O2.C3H8O2/c1-5-6-7(2,3)8(4,9)10;1-3(5)2-4/h9-10H,5-6H2,1-4H3;3-5H,2H2,1H3. The Hall–Kier alpha value is -0.160. The van der Waals surface area contributed by atoms with E-state index in [1.54, 1.807) is 0 Å². The molecule has 94 valence electrons.